The third-order valence-corrected chi connectivity index (χ3v) is 4.18. The summed E-state index contributed by atoms with van der Waals surface area (Å²) in [5.74, 6) is -2.55. The van der Waals surface area contributed by atoms with Gasteiger partial charge in [0, 0.05) is 24.0 Å². The van der Waals surface area contributed by atoms with Crippen molar-refractivity contribution in [1.82, 2.24) is 5.32 Å². The smallest absolute Gasteiger partial charge is 0.306 e. The monoisotopic (exact) mass is 363 g/mol. The van der Waals surface area contributed by atoms with Gasteiger partial charge in [0.25, 0.3) is 5.69 Å². The number of carbonyl (C=O) groups is 3. The van der Waals surface area contributed by atoms with Gasteiger partial charge in [-0.25, -0.2) is 0 Å². The summed E-state index contributed by atoms with van der Waals surface area (Å²) in [5.41, 5.74) is 5.81. The SMILES string of the molecule is CCOC(=O)C[C@@H](c1ccc([N+](=O)[O-])cc1)[C@H](NC(=O)C1CC1)C(N)=O. The number of nitro groups is 1. The van der Waals surface area contributed by atoms with E-state index in [1.165, 1.54) is 24.3 Å². The molecule has 2 amide bonds. The number of primary amides is 1. The molecular weight excluding hydrogens is 342 g/mol. The van der Waals surface area contributed by atoms with Gasteiger partial charge >= 0.3 is 5.97 Å². The first-order chi connectivity index (χ1) is 12.3. The maximum atomic E-state index is 12.1. The molecule has 26 heavy (non-hydrogen) atoms. The van der Waals surface area contributed by atoms with Crippen molar-refractivity contribution in [2.75, 3.05) is 6.61 Å². The minimum Gasteiger partial charge on any atom is -0.466 e. The third-order valence-electron chi connectivity index (χ3n) is 4.18. The van der Waals surface area contributed by atoms with E-state index in [2.05, 4.69) is 5.32 Å². The van der Waals surface area contributed by atoms with Crippen LogP contribution in [0.15, 0.2) is 24.3 Å². The summed E-state index contributed by atoms with van der Waals surface area (Å²) in [5, 5.41) is 13.4. The van der Waals surface area contributed by atoms with E-state index in [1.54, 1.807) is 6.92 Å². The summed E-state index contributed by atoms with van der Waals surface area (Å²) in [6.45, 7) is 1.82. The first-order valence-electron chi connectivity index (χ1n) is 8.33. The zero-order chi connectivity index (χ0) is 19.3. The highest BCUT2D eigenvalue weighted by Crippen LogP contribution is 2.31. The number of nitrogens with two attached hydrogens (primary N) is 1. The number of carbonyl (C=O) groups excluding carboxylic acids is 3. The van der Waals surface area contributed by atoms with Crippen molar-refractivity contribution in [3.63, 3.8) is 0 Å². The highest BCUT2D eigenvalue weighted by atomic mass is 16.6. The lowest BCUT2D eigenvalue weighted by atomic mass is 9.87. The lowest BCUT2D eigenvalue weighted by Gasteiger charge is -2.25. The van der Waals surface area contributed by atoms with Crippen LogP contribution in [0.4, 0.5) is 5.69 Å². The molecule has 0 heterocycles. The zero-order valence-corrected chi connectivity index (χ0v) is 14.3. The predicted molar refractivity (Wildman–Crippen MR) is 90.9 cm³/mol. The van der Waals surface area contributed by atoms with Crippen LogP contribution in [-0.2, 0) is 19.1 Å². The van der Waals surface area contributed by atoms with Gasteiger partial charge in [-0.05, 0) is 25.3 Å². The predicted octanol–water partition coefficient (Wildman–Crippen LogP) is 1.01. The average Bonchev–Trinajstić information content (AvgIpc) is 3.43. The van der Waals surface area contributed by atoms with E-state index in [0.29, 0.717) is 5.56 Å². The van der Waals surface area contributed by atoms with E-state index in [-0.39, 0.29) is 30.5 Å². The summed E-state index contributed by atoms with van der Waals surface area (Å²) in [7, 11) is 0. The Morgan fingerprint density at radius 3 is 2.38 bits per heavy atom. The van der Waals surface area contributed by atoms with Crippen molar-refractivity contribution in [2.45, 2.75) is 38.1 Å². The Morgan fingerprint density at radius 1 is 1.31 bits per heavy atom. The topological polar surface area (TPSA) is 142 Å². The summed E-state index contributed by atoms with van der Waals surface area (Å²) >= 11 is 0. The van der Waals surface area contributed by atoms with Gasteiger partial charge in [-0.15, -0.1) is 0 Å². The van der Waals surface area contributed by atoms with Gasteiger partial charge < -0.3 is 15.8 Å². The first kappa shape index (κ1) is 19.4. The van der Waals surface area contributed by atoms with Crippen molar-refractivity contribution >= 4 is 23.5 Å². The summed E-state index contributed by atoms with van der Waals surface area (Å²) in [4.78, 5) is 46.3. The van der Waals surface area contributed by atoms with E-state index in [1.807, 2.05) is 0 Å². The molecule has 1 aliphatic carbocycles. The molecule has 0 aromatic heterocycles. The molecule has 1 fully saturated rings. The van der Waals surface area contributed by atoms with Crippen LogP contribution >= 0.6 is 0 Å². The average molecular weight is 363 g/mol. The van der Waals surface area contributed by atoms with Crippen LogP contribution in [0, 0.1) is 16.0 Å². The number of nitrogens with zero attached hydrogens (tertiary/aromatic N) is 1. The number of benzene rings is 1. The van der Waals surface area contributed by atoms with Gasteiger partial charge in [-0.1, -0.05) is 12.1 Å². The van der Waals surface area contributed by atoms with E-state index < -0.39 is 28.8 Å². The molecule has 0 bridgehead atoms. The lowest BCUT2D eigenvalue weighted by molar-refractivity contribution is -0.384. The van der Waals surface area contributed by atoms with Gasteiger partial charge in [-0.3, -0.25) is 24.5 Å². The molecule has 3 N–H and O–H groups in total. The first-order valence-corrected chi connectivity index (χ1v) is 8.33. The summed E-state index contributed by atoms with van der Waals surface area (Å²) < 4.78 is 4.94. The Kier molecular flexibility index (Phi) is 6.26. The van der Waals surface area contributed by atoms with Crippen molar-refractivity contribution in [3.8, 4) is 0 Å². The van der Waals surface area contributed by atoms with Gasteiger partial charge in [0.15, 0.2) is 0 Å². The molecule has 9 nitrogen and oxygen atoms in total. The van der Waals surface area contributed by atoms with Crippen molar-refractivity contribution < 1.29 is 24.0 Å². The second-order valence-electron chi connectivity index (χ2n) is 6.13. The number of nitro benzene ring substituents is 1. The molecule has 0 unspecified atom stereocenters. The van der Waals surface area contributed by atoms with Crippen LogP contribution < -0.4 is 11.1 Å². The normalized spacial score (nSPS) is 15.6. The van der Waals surface area contributed by atoms with Gasteiger partial charge in [0.1, 0.15) is 6.04 Å². The fourth-order valence-corrected chi connectivity index (χ4v) is 2.66. The number of esters is 1. The number of hydrogen-bond donors (Lipinski definition) is 2. The lowest BCUT2D eigenvalue weighted by Crippen LogP contribution is -2.49. The van der Waals surface area contributed by atoms with Crippen LogP contribution in [0.25, 0.3) is 0 Å². The van der Waals surface area contributed by atoms with Gasteiger partial charge in [0.2, 0.25) is 11.8 Å². The quantitative estimate of drug-likeness (QED) is 0.381. The van der Waals surface area contributed by atoms with Crippen LogP contribution in [0.3, 0.4) is 0 Å². The molecule has 140 valence electrons. The number of ether oxygens (including phenoxy) is 1. The van der Waals surface area contributed by atoms with Crippen molar-refractivity contribution in [2.24, 2.45) is 11.7 Å². The third kappa shape index (κ3) is 5.01. The second kappa shape index (κ2) is 8.41. The highest BCUT2D eigenvalue weighted by Gasteiger charge is 2.36. The number of nitrogens with one attached hydrogen (secondary N) is 1. The molecule has 0 radical (unpaired) electrons. The van der Waals surface area contributed by atoms with E-state index >= 15 is 0 Å². The molecule has 2 atom stereocenters. The van der Waals surface area contributed by atoms with E-state index in [0.717, 1.165) is 12.8 Å². The van der Waals surface area contributed by atoms with Crippen LogP contribution in [-0.4, -0.2) is 35.4 Å². The Hall–Kier alpha value is -2.97. The maximum absolute atomic E-state index is 12.1. The van der Waals surface area contributed by atoms with Gasteiger partial charge in [-0.2, -0.15) is 0 Å². The largest absolute Gasteiger partial charge is 0.466 e. The zero-order valence-electron chi connectivity index (χ0n) is 14.3. The van der Waals surface area contributed by atoms with Crippen molar-refractivity contribution in [3.05, 3.63) is 39.9 Å². The second-order valence-corrected chi connectivity index (χ2v) is 6.13. The Bertz CT molecular complexity index is 699. The number of hydrogen-bond acceptors (Lipinski definition) is 6. The minimum absolute atomic E-state index is 0.124. The van der Waals surface area contributed by atoms with Crippen LogP contribution in [0.1, 0.15) is 37.7 Å². The number of rotatable bonds is 9. The highest BCUT2D eigenvalue weighted by molar-refractivity contribution is 5.90. The van der Waals surface area contributed by atoms with Crippen LogP contribution in [0.2, 0.25) is 0 Å². The number of amides is 2. The minimum atomic E-state index is -1.12. The molecule has 0 spiro atoms. The molecule has 1 saturated carbocycles. The van der Waals surface area contributed by atoms with E-state index in [4.69, 9.17) is 10.5 Å². The summed E-state index contributed by atoms with van der Waals surface area (Å²) in [6.07, 6.45) is 1.30. The fourth-order valence-electron chi connectivity index (χ4n) is 2.66. The fraction of sp³-hybridized carbons (Fsp3) is 0.471. The Balaban J connectivity index is 2.29. The molecule has 9 heteroatoms. The summed E-state index contributed by atoms with van der Waals surface area (Å²) in [6, 6.07) is 4.32. The van der Waals surface area contributed by atoms with E-state index in [9.17, 15) is 24.5 Å². The molecule has 0 aliphatic heterocycles. The molecule has 2 rings (SSSR count). The van der Waals surface area contributed by atoms with Crippen molar-refractivity contribution in [1.29, 1.82) is 0 Å². The Morgan fingerprint density at radius 2 is 1.92 bits per heavy atom. The van der Waals surface area contributed by atoms with Crippen LogP contribution in [0.5, 0.6) is 0 Å². The molecular formula is C17H21N3O6. The number of non-ortho nitro benzene ring substituents is 1. The van der Waals surface area contributed by atoms with Gasteiger partial charge in [0.05, 0.1) is 18.0 Å². The molecule has 1 aromatic rings. The molecule has 1 aromatic carbocycles. The standard InChI is InChI=1S/C17H21N3O6/c1-2-26-14(21)9-13(10-5-7-12(8-6-10)20(24)25)15(16(18)22)19-17(23)11-3-4-11/h5-8,11,13,15H,2-4,9H2,1H3,(H2,18,22)(H,19,23)/t13-,15-/m0/s1. The maximum Gasteiger partial charge on any atom is 0.306 e. The molecule has 1 aliphatic rings. The Labute approximate surface area is 150 Å². The molecule has 0 saturated heterocycles.